The predicted octanol–water partition coefficient (Wildman–Crippen LogP) is 3.10. The molecule has 17 heavy (non-hydrogen) atoms. The summed E-state index contributed by atoms with van der Waals surface area (Å²) in [5.41, 5.74) is 2.90. The third kappa shape index (κ3) is 1.50. The van der Waals surface area contributed by atoms with Gasteiger partial charge in [0.1, 0.15) is 6.10 Å². The number of allylic oxidation sites excluding steroid dienone is 3. The smallest absolute Gasteiger partial charge is 0.309 e. The predicted molar refractivity (Wildman–Crippen MR) is 66.3 cm³/mol. The first-order chi connectivity index (χ1) is 8.09. The van der Waals surface area contributed by atoms with Crippen LogP contribution in [0.25, 0.3) is 0 Å². The van der Waals surface area contributed by atoms with Crippen molar-refractivity contribution in [3.63, 3.8) is 0 Å². The van der Waals surface area contributed by atoms with E-state index >= 15 is 0 Å². The Morgan fingerprint density at radius 1 is 1.18 bits per heavy atom. The third-order valence-corrected chi connectivity index (χ3v) is 4.99. The van der Waals surface area contributed by atoms with Gasteiger partial charge in [-0.1, -0.05) is 30.2 Å². The van der Waals surface area contributed by atoms with Crippen molar-refractivity contribution in [1.82, 2.24) is 0 Å². The lowest BCUT2D eigenvalue weighted by Gasteiger charge is -2.28. The maximum Gasteiger partial charge on any atom is 0.309 e. The monoisotopic (exact) mass is 232 g/mol. The van der Waals surface area contributed by atoms with E-state index in [-0.39, 0.29) is 18.0 Å². The maximum atomic E-state index is 11.8. The highest BCUT2D eigenvalue weighted by molar-refractivity contribution is 5.75. The zero-order chi connectivity index (χ0) is 12.2. The first-order valence-electron chi connectivity index (χ1n) is 6.63. The van der Waals surface area contributed by atoms with Gasteiger partial charge in [0, 0.05) is 11.8 Å². The Hall–Kier alpha value is -1.05. The average molecular weight is 232 g/mol. The summed E-state index contributed by atoms with van der Waals surface area (Å²) in [5, 5.41) is 0. The summed E-state index contributed by atoms with van der Waals surface area (Å²) in [6.07, 6.45) is 6.91. The van der Waals surface area contributed by atoms with Gasteiger partial charge in [-0.15, -0.1) is 0 Å². The first kappa shape index (κ1) is 11.1. The van der Waals surface area contributed by atoms with Gasteiger partial charge in [-0.25, -0.2) is 0 Å². The molecule has 0 spiro atoms. The first-order valence-corrected chi connectivity index (χ1v) is 6.63. The van der Waals surface area contributed by atoms with Crippen molar-refractivity contribution in [2.24, 2.45) is 23.7 Å². The Labute approximate surface area is 103 Å². The van der Waals surface area contributed by atoms with Crippen LogP contribution in [0.5, 0.6) is 0 Å². The van der Waals surface area contributed by atoms with Gasteiger partial charge in [0.25, 0.3) is 0 Å². The Morgan fingerprint density at radius 2 is 1.88 bits per heavy atom. The van der Waals surface area contributed by atoms with Crippen molar-refractivity contribution in [3.8, 4) is 0 Å². The normalized spacial score (nSPS) is 44.4. The molecule has 92 valence electrons. The Balaban J connectivity index is 2.00. The van der Waals surface area contributed by atoms with Crippen LogP contribution in [0.2, 0.25) is 0 Å². The lowest BCUT2D eigenvalue weighted by Crippen LogP contribution is -2.30. The van der Waals surface area contributed by atoms with Crippen LogP contribution < -0.4 is 0 Å². The van der Waals surface area contributed by atoms with E-state index in [2.05, 4.69) is 26.0 Å². The molecular formula is C15H20O2. The van der Waals surface area contributed by atoms with Crippen LogP contribution in [0.1, 0.15) is 33.6 Å². The highest BCUT2D eigenvalue weighted by atomic mass is 16.6. The lowest BCUT2D eigenvalue weighted by atomic mass is 9.78. The van der Waals surface area contributed by atoms with E-state index in [1.165, 1.54) is 11.1 Å². The second kappa shape index (κ2) is 3.72. The molecule has 1 aliphatic heterocycles. The van der Waals surface area contributed by atoms with Crippen molar-refractivity contribution in [3.05, 3.63) is 23.3 Å². The van der Waals surface area contributed by atoms with Crippen molar-refractivity contribution in [2.45, 2.75) is 39.7 Å². The van der Waals surface area contributed by atoms with E-state index in [9.17, 15) is 4.79 Å². The summed E-state index contributed by atoms with van der Waals surface area (Å²) in [7, 11) is 0. The molecule has 1 fully saturated rings. The molecule has 1 heterocycles. The number of ether oxygens (including phenoxy) is 1. The summed E-state index contributed by atoms with van der Waals surface area (Å²) in [4.78, 5) is 11.8. The van der Waals surface area contributed by atoms with E-state index in [0.717, 1.165) is 12.8 Å². The van der Waals surface area contributed by atoms with Gasteiger partial charge in [0.15, 0.2) is 0 Å². The number of esters is 1. The van der Waals surface area contributed by atoms with Crippen LogP contribution in [0.4, 0.5) is 0 Å². The van der Waals surface area contributed by atoms with Gasteiger partial charge < -0.3 is 4.74 Å². The van der Waals surface area contributed by atoms with Crippen molar-refractivity contribution < 1.29 is 9.53 Å². The molecule has 0 amide bonds. The Morgan fingerprint density at radius 3 is 2.65 bits per heavy atom. The molecule has 0 radical (unpaired) electrons. The maximum absolute atomic E-state index is 11.8. The number of carbonyl (C=O) groups excluding carboxylic acids is 1. The second-order valence-corrected chi connectivity index (χ2v) is 5.85. The summed E-state index contributed by atoms with van der Waals surface area (Å²) >= 11 is 0. The lowest BCUT2D eigenvalue weighted by molar-refractivity contribution is -0.145. The molecule has 2 heteroatoms. The molecule has 2 nitrogen and oxygen atoms in total. The van der Waals surface area contributed by atoms with Crippen LogP contribution in [-0.4, -0.2) is 12.1 Å². The van der Waals surface area contributed by atoms with Gasteiger partial charge in [-0.2, -0.15) is 0 Å². The highest BCUT2D eigenvalue weighted by Gasteiger charge is 2.50. The SMILES string of the molecule is CC1=CC[C@H]2C(C)=CC[C@@H]3[C@H](OC(=O)[C@H]3C)[C@@H]12. The molecule has 0 aromatic rings. The summed E-state index contributed by atoms with van der Waals surface area (Å²) < 4.78 is 5.68. The topological polar surface area (TPSA) is 26.3 Å². The zero-order valence-corrected chi connectivity index (χ0v) is 10.8. The van der Waals surface area contributed by atoms with Crippen LogP contribution in [0.3, 0.4) is 0 Å². The Kier molecular flexibility index (Phi) is 2.42. The van der Waals surface area contributed by atoms with Gasteiger partial charge in [0.2, 0.25) is 0 Å². The van der Waals surface area contributed by atoms with Crippen molar-refractivity contribution in [1.29, 1.82) is 0 Å². The van der Waals surface area contributed by atoms with Gasteiger partial charge in [0.05, 0.1) is 5.92 Å². The fourth-order valence-electron chi connectivity index (χ4n) is 3.81. The number of rotatable bonds is 0. The quantitative estimate of drug-likeness (QED) is 0.474. The molecule has 0 saturated carbocycles. The average Bonchev–Trinajstić information content (AvgIpc) is 2.75. The standard InChI is InChI=1S/C15H20O2/c1-8-4-7-12-10(3)15(16)17-14(12)13-9(2)5-6-11(8)13/h4-5,10-14H,6-7H2,1-3H3/t10-,11-,12-,13-,14-/m0/s1. The van der Waals surface area contributed by atoms with E-state index in [1.807, 2.05) is 6.92 Å². The fourth-order valence-corrected chi connectivity index (χ4v) is 3.81. The summed E-state index contributed by atoms with van der Waals surface area (Å²) in [5.74, 6) is 1.47. The van der Waals surface area contributed by atoms with E-state index in [0.29, 0.717) is 17.8 Å². The number of hydrogen-bond donors (Lipinski definition) is 0. The van der Waals surface area contributed by atoms with Crippen LogP contribution in [0, 0.1) is 23.7 Å². The second-order valence-electron chi connectivity index (χ2n) is 5.85. The van der Waals surface area contributed by atoms with Crippen LogP contribution in [-0.2, 0) is 9.53 Å². The van der Waals surface area contributed by atoms with Gasteiger partial charge in [-0.05, 0) is 32.6 Å². The third-order valence-electron chi connectivity index (χ3n) is 4.99. The zero-order valence-electron chi connectivity index (χ0n) is 10.8. The fraction of sp³-hybridized carbons (Fsp3) is 0.667. The largest absolute Gasteiger partial charge is 0.461 e. The van der Waals surface area contributed by atoms with Gasteiger partial charge >= 0.3 is 5.97 Å². The van der Waals surface area contributed by atoms with E-state index < -0.39 is 0 Å². The molecule has 0 aromatic heterocycles. The van der Waals surface area contributed by atoms with E-state index in [1.54, 1.807) is 0 Å². The summed E-state index contributed by atoms with van der Waals surface area (Å²) in [6.45, 7) is 6.44. The van der Waals surface area contributed by atoms with Crippen molar-refractivity contribution in [2.75, 3.05) is 0 Å². The minimum absolute atomic E-state index is 0.00593. The number of fused-ring (bicyclic) bond motifs is 3. The molecule has 3 aliphatic rings. The molecule has 0 N–H and O–H groups in total. The molecule has 3 rings (SSSR count). The molecule has 0 bridgehead atoms. The number of carbonyl (C=O) groups is 1. The molecule has 1 saturated heterocycles. The molecule has 0 aromatic carbocycles. The van der Waals surface area contributed by atoms with Gasteiger partial charge in [-0.3, -0.25) is 4.79 Å². The van der Waals surface area contributed by atoms with Crippen LogP contribution >= 0.6 is 0 Å². The molecule has 0 unspecified atom stereocenters. The van der Waals surface area contributed by atoms with Crippen molar-refractivity contribution >= 4 is 5.97 Å². The minimum Gasteiger partial charge on any atom is -0.461 e. The summed E-state index contributed by atoms with van der Waals surface area (Å²) in [6, 6.07) is 0. The molecule has 5 atom stereocenters. The highest BCUT2D eigenvalue weighted by Crippen LogP contribution is 2.48. The van der Waals surface area contributed by atoms with Crippen LogP contribution in [0.15, 0.2) is 23.3 Å². The van der Waals surface area contributed by atoms with E-state index in [4.69, 9.17) is 4.74 Å². The minimum atomic E-state index is 0.00593. The molecular weight excluding hydrogens is 212 g/mol. The Bertz CT molecular complexity index is 419. The number of hydrogen-bond acceptors (Lipinski definition) is 2. The molecule has 2 aliphatic carbocycles.